The SMILES string of the molecule is CN1C(=O)C(NC(=O)C(=N)C=CCc2ccccc2)COc2cccnc21. The van der Waals surface area contributed by atoms with E-state index < -0.39 is 11.9 Å². The second kappa shape index (κ2) is 8.27. The van der Waals surface area contributed by atoms with Crippen LogP contribution in [-0.2, 0) is 16.0 Å². The van der Waals surface area contributed by atoms with E-state index in [1.54, 1.807) is 31.5 Å². The van der Waals surface area contributed by atoms with Gasteiger partial charge in [-0.25, -0.2) is 4.98 Å². The predicted octanol–water partition coefficient (Wildman–Crippen LogP) is 1.74. The molecule has 0 saturated carbocycles. The Labute approximate surface area is 157 Å². The minimum absolute atomic E-state index is 0.0192. The molecule has 1 aliphatic heterocycles. The van der Waals surface area contributed by atoms with Crippen LogP contribution in [0.5, 0.6) is 5.75 Å². The maximum atomic E-state index is 12.6. The van der Waals surface area contributed by atoms with Crippen LogP contribution in [0.15, 0.2) is 60.8 Å². The van der Waals surface area contributed by atoms with Crippen molar-refractivity contribution in [1.82, 2.24) is 10.3 Å². The van der Waals surface area contributed by atoms with E-state index in [4.69, 9.17) is 10.1 Å². The van der Waals surface area contributed by atoms with Gasteiger partial charge in [-0.05, 0) is 30.2 Å². The number of allylic oxidation sites excluding steroid dienone is 1. The highest BCUT2D eigenvalue weighted by Crippen LogP contribution is 2.27. The van der Waals surface area contributed by atoms with Crippen molar-refractivity contribution in [2.24, 2.45) is 0 Å². The summed E-state index contributed by atoms with van der Waals surface area (Å²) in [6, 6.07) is 12.3. The number of nitrogens with one attached hydrogen (secondary N) is 2. The molecule has 7 nitrogen and oxygen atoms in total. The summed E-state index contributed by atoms with van der Waals surface area (Å²) < 4.78 is 5.59. The topological polar surface area (TPSA) is 95.4 Å². The first kappa shape index (κ1) is 18.3. The normalized spacial score (nSPS) is 16.4. The molecule has 0 spiro atoms. The number of rotatable bonds is 5. The van der Waals surface area contributed by atoms with E-state index in [9.17, 15) is 9.59 Å². The number of carbonyl (C=O) groups excluding carboxylic acids is 2. The van der Waals surface area contributed by atoms with Crippen LogP contribution in [0, 0.1) is 5.41 Å². The van der Waals surface area contributed by atoms with Crippen molar-refractivity contribution in [1.29, 1.82) is 5.41 Å². The fraction of sp³-hybridized carbons (Fsp3) is 0.200. The lowest BCUT2D eigenvalue weighted by Gasteiger charge is -2.19. The number of pyridine rings is 1. The van der Waals surface area contributed by atoms with E-state index >= 15 is 0 Å². The van der Waals surface area contributed by atoms with Crippen LogP contribution in [0.1, 0.15) is 5.56 Å². The number of likely N-dealkylation sites (N-methyl/N-ethyl adjacent to an activating group) is 1. The van der Waals surface area contributed by atoms with Crippen molar-refractivity contribution in [2.45, 2.75) is 12.5 Å². The molecule has 0 saturated heterocycles. The maximum absolute atomic E-state index is 12.6. The van der Waals surface area contributed by atoms with Gasteiger partial charge in [0.1, 0.15) is 18.4 Å². The molecule has 27 heavy (non-hydrogen) atoms. The average molecular weight is 364 g/mol. The molecule has 1 unspecified atom stereocenters. The van der Waals surface area contributed by atoms with Crippen molar-refractivity contribution in [3.8, 4) is 5.75 Å². The van der Waals surface area contributed by atoms with Crippen LogP contribution < -0.4 is 15.0 Å². The van der Waals surface area contributed by atoms with Gasteiger partial charge in [-0.15, -0.1) is 0 Å². The van der Waals surface area contributed by atoms with E-state index in [1.165, 1.54) is 11.0 Å². The second-order valence-corrected chi connectivity index (χ2v) is 6.07. The Bertz CT molecular complexity index is 880. The molecule has 2 heterocycles. The Morgan fingerprint density at radius 1 is 1.33 bits per heavy atom. The summed E-state index contributed by atoms with van der Waals surface area (Å²) in [4.78, 5) is 30.3. The van der Waals surface area contributed by atoms with Gasteiger partial charge in [0, 0.05) is 13.2 Å². The van der Waals surface area contributed by atoms with E-state index in [0.29, 0.717) is 18.0 Å². The third-order valence-corrected chi connectivity index (χ3v) is 4.13. The molecule has 0 fully saturated rings. The number of carbonyl (C=O) groups is 2. The zero-order chi connectivity index (χ0) is 19.2. The first-order valence-corrected chi connectivity index (χ1v) is 8.51. The van der Waals surface area contributed by atoms with Gasteiger partial charge < -0.3 is 10.1 Å². The molecule has 138 valence electrons. The number of hydrogen-bond donors (Lipinski definition) is 2. The van der Waals surface area contributed by atoms with E-state index in [0.717, 1.165) is 5.56 Å². The van der Waals surface area contributed by atoms with Crippen LogP contribution in [0.4, 0.5) is 5.82 Å². The van der Waals surface area contributed by atoms with Crippen LogP contribution >= 0.6 is 0 Å². The standard InChI is InChI=1S/C20H20N4O3/c1-24-18-17(11-6-12-22-18)27-13-16(20(24)26)23-19(25)15(21)10-5-9-14-7-3-2-4-8-14/h2-8,10-12,16,21H,9,13H2,1H3,(H,23,25). The summed E-state index contributed by atoms with van der Waals surface area (Å²) >= 11 is 0. The van der Waals surface area contributed by atoms with Gasteiger partial charge >= 0.3 is 0 Å². The summed E-state index contributed by atoms with van der Waals surface area (Å²) in [7, 11) is 1.58. The first-order chi connectivity index (χ1) is 13.1. The van der Waals surface area contributed by atoms with Crippen molar-refractivity contribution in [3.05, 3.63) is 66.4 Å². The van der Waals surface area contributed by atoms with Crippen molar-refractivity contribution in [3.63, 3.8) is 0 Å². The van der Waals surface area contributed by atoms with Crippen molar-refractivity contribution in [2.75, 3.05) is 18.6 Å². The lowest BCUT2D eigenvalue weighted by atomic mass is 10.1. The Kier molecular flexibility index (Phi) is 5.61. The Morgan fingerprint density at radius 3 is 2.89 bits per heavy atom. The predicted molar refractivity (Wildman–Crippen MR) is 102 cm³/mol. The zero-order valence-electron chi connectivity index (χ0n) is 14.9. The van der Waals surface area contributed by atoms with E-state index in [1.807, 2.05) is 30.3 Å². The smallest absolute Gasteiger partial charge is 0.269 e. The van der Waals surface area contributed by atoms with Gasteiger partial charge in [0.05, 0.1) is 0 Å². The van der Waals surface area contributed by atoms with Crippen LogP contribution in [0.2, 0.25) is 0 Å². The molecule has 2 aromatic rings. The number of nitrogens with zero attached hydrogens (tertiary/aromatic N) is 2. The van der Waals surface area contributed by atoms with Gasteiger partial charge in [-0.3, -0.25) is 19.9 Å². The lowest BCUT2D eigenvalue weighted by molar-refractivity contribution is -0.124. The van der Waals surface area contributed by atoms with Crippen LogP contribution in [0.25, 0.3) is 0 Å². The quantitative estimate of drug-likeness (QED) is 0.790. The number of anilines is 1. The molecule has 0 bridgehead atoms. The molecule has 1 aliphatic rings. The number of hydrogen-bond acceptors (Lipinski definition) is 5. The summed E-state index contributed by atoms with van der Waals surface area (Å²) in [5.74, 6) is -0.101. The minimum Gasteiger partial charge on any atom is -0.487 e. The van der Waals surface area contributed by atoms with Crippen LogP contribution in [-0.4, -0.2) is 42.2 Å². The third kappa shape index (κ3) is 4.38. The monoisotopic (exact) mass is 364 g/mol. The number of amides is 2. The Balaban J connectivity index is 1.60. The van der Waals surface area contributed by atoms with E-state index in [-0.39, 0.29) is 18.2 Å². The molecular weight excluding hydrogens is 344 g/mol. The number of aromatic nitrogens is 1. The number of fused-ring (bicyclic) bond motifs is 1. The highest BCUT2D eigenvalue weighted by Gasteiger charge is 2.31. The fourth-order valence-electron chi connectivity index (χ4n) is 2.67. The first-order valence-electron chi connectivity index (χ1n) is 8.51. The molecule has 0 radical (unpaired) electrons. The Hall–Kier alpha value is -3.48. The van der Waals surface area contributed by atoms with Crippen molar-refractivity contribution < 1.29 is 14.3 Å². The van der Waals surface area contributed by atoms with Gasteiger partial charge in [-0.1, -0.05) is 36.4 Å². The Morgan fingerprint density at radius 2 is 2.11 bits per heavy atom. The molecule has 2 N–H and O–H groups in total. The molecule has 0 aliphatic carbocycles. The highest BCUT2D eigenvalue weighted by atomic mass is 16.5. The van der Waals surface area contributed by atoms with Crippen LogP contribution in [0.3, 0.4) is 0 Å². The average Bonchev–Trinajstić information content (AvgIpc) is 2.81. The van der Waals surface area contributed by atoms with Gasteiger partial charge in [0.25, 0.3) is 11.8 Å². The summed E-state index contributed by atoms with van der Waals surface area (Å²) in [5.41, 5.74) is 0.863. The molecule has 3 rings (SSSR count). The summed E-state index contributed by atoms with van der Waals surface area (Å²) in [5, 5.41) is 10.5. The summed E-state index contributed by atoms with van der Waals surface area (Å²) in [6.45, 7) is -0.0192. The number of ether oxygens (including phenoxy) is 1. The molecule has 1 atom stereocenters. The van der Waals surface area contributed by atoms with Crippen molar-refractivity contribution >= 4 is 23.3 Å². The highest BCUT2D eigenvalue weighted by molar-refractivity contribution is 6.42. The largest absolute Gasteiger partial charge is 0.487 e. The zero-order valence-corrected chi connectivity index (χ0v) is 14.9. The number of benzene rings is 1. The molecular formula is C20H20N4O3. The van der Waals surface area contributed by atoms with Gasteiger partial charge in [-0.2, -0.15) is 0 Å². The summed E-state index contributed by atoms with van der Waals surface area (Å²) in [6.07, 6.45) is 5.36. The maximum Gasteiger partial charge on any atom is 0.269 e. The second-order valence-electron chi connectivity index (χ2n) is 6.07. The van der Waals surface area contributed by atoms with E-state index in [2.05, 4.69) is 10.3 Å². The van der Waals surface area contributed by atoms with Gasteiger partial charge in [0.15, 0.2) is 11.6 Å². The lowest BCUT2D eigenvalue weighted by Crippen LogP contribution is -2.50. The molecule has 7 heteroatoms. The minimum atomic E-state index is -0.889. The van der Waals surface area contributed by atoms with Gasteiger partial charge in [0.2, 0.25) is 0 Å². The molecule has 1 aromatic carbocycles. The molecule has 2 amide bonds. The fourth-order valence-corrected chi connectivity index (χ4v) is 2.67. The molecule has 1 aromatic heterocycles. The third-order valence-electron chi connectivity index (χ3n) is 4.13.